The molecule has 66 valence electrons. The number of hydrogen-bond donors (Lipinski definition) is 1. The van der Waals surface area contributed by atoms with Gasteiger partial charge in [0.1, 0.15) is 0 Å². The fourth-order valence-electron chi connectivity index (χ4n) is 0.366. The predicted octanol–water partition coefficient (Wildman–Crippen LogP) is 1.96. The Balaban J connectivity index is 0.000000261. The minimum atomic E-state index is -0.833. The van der Waals surface area contributed by atoms with Gasteiger partial charge in [0, 0.05) is 13.1 Å². The van der Waals surface area contributed by atoms with E-state index in [-0.39, 0.29) is 5.02 Å². The Morgan fingerprint density at radius 2 is 2.25 bits per heavy atom. The molecule has 0 unspecified atom stereocenters. The summed E-state index contributed by atoms with van der Waals surface area (Å²) in [5.74, 6) is -1.45. The third-order valence-electron chi connectivity index (χ3n) is 0.714. The van der Waals surface area contributed by atoms with Crippen molar-refractivity contribution in [2.45, 2.75) is 6.92 Å². The van der Waals surface area contributed by atoms with Gasteiger partial charge in [-0.1, -0.05) is 11.6 Å². The summed E-state index contributed by atoms with van der Waals surface area (Å²) in [6.45, 7) is 1.08. The van der Waals surface area contributed by atoms with Gasteiger partial charge in [-0.3, -0.25) is 4.79 Å². The SMILES string of the molecule is CC(=O)O.Fc1ncccc1Cl. The Kier molecular flexibility index (Phi) is 4.96. The van der Waals surface area contributed by atoms with Gasteiger partial charge in [-0.05, 0) is 12.1 Å². The summed E-state index contributed by atoms with van der Waals surface area (Å²) >= 11 is 5.27. The third kappa shape index (κ3) is 5.61. The van der Waals surface area contributed by atoms with Crippen LogP contribution in [0.2, 0.25) is 5.02 Å². The minimum Gasteiger partial charge on any atom is -0.481 e. The van der Waals surface area contributed by atoms with E-state index in [1.165, 1.54) is 12.3 Å². The van der Waals surface area contributed by atoms with E-state index in [1.807, 2.05) is 0 Å². The predicted molar refractivity (Wildman–Crippen MR) is 42.5 cm³/mol. The average molecular weight is 192 g/mol. The zero-order valence-corrected chi connectivity index (χ0v) is 7.05. The first-order valence-electron chi connectivity index (χ1n) is 2.99. The normalized spacial score (nSPS) is 8.25. The second-order valence-corrected chi connectivity index (χ2v) is 2.20. The molecule has 0 aliphatic rings. The lowest BCUT2D eigenvalue weighted by Gasteiger charge is -1.85. The van der Waals surface area contributed by atoms with E-state index in [0.717, 1.165) is 6.92 Å². The van der Waals surface area contributed by atoms with Crippen LogP contribution in [-0.2, 0) is 4.79 Å². The quantitative estimate of drug-likeness (QED) is 0.638. The van der Waals surface area contributed by atoms with E-state index in [1.54, 1.807) is 6.07 Å². The highest BCUT2D eigenvalue weighted by Crippen LogP contribution is 2.08. The van der Waals surface area contributed by atoms with Crippen molar-refractivity contribution < 1.29 is 14.3 Å². The summed E-state index contributed by atoms with van der Waals surface area (Å²) in [4.78, 5) is 12.3. The van der Waals surface area contributed by atoms with Crippen LogP contribution in [-0.4, -0.2) is 16.1 Å². The molecule has 0 atom stereocenters. The molecule has 1 rings (SSSR count). The minimum absolute atomic E-state index is 0.0625. The van der Waals surface area contributed by atoms with E-state index in [0.29, 0.717) is 0 Å². The second kappa shape index (κ2) is 5.49. The highest BCUT2D eigenvalue weighted by atomic mass is 35.5. The Labute approximate surface area is 73.8 Å². The van der Waals surface area contributed by atoms with Crippen LogP contribution in [0.25, 0.3) is 0 Å². The van der Waals surface area contributed by atoms with Crippen molar-refractivity contribution in [3.05, 3.63) is 29.3 Å². The number of carbonyl (C=O) groups is 1. The molecule has 1 heterocycles. The Morgan fingerprint density at radius 1 is 1.75 bits per heavy atom. The lowest BCUT2D eigenvalue weighted by molar-refractivity contribution is -0.134. The van der Waals surface area contributed by atoms with Crippen molar-refractivity contribution in [3.63, 3.8) is 0 Å². The average Bonchev–Trinajstić information content (AvgIpc) is 1.94. The van der Waals surface area contributed by atoms with Crippen molar-refractivity contribution in [2.24, 2.45) is 0 Å². The lowest BCUT2D eigenvalue weighted by atomic mass is 10.5. The molecule has 0 aliphatic heterocycles. The third-order valence-corrected chi connectivity index (χ3v) is 0.996. The van der Waals surface area contributed by atoms with Gasteiger partial charge >= 0.3 is 0 Å². The molecular weight excluding hydrogens is 185 g/mol. The van der Waals surface area contributed by atoms with Crippen LogP contribution in [0.3, 0.4) is 0 Å². The monoisotopic (exact) mass is 191 g/mol. The van der Waals surface area contributed by atoms with Crippen LogP contribution in [0.15, 0.2) is 18.3 Å². The smallest absolute Gasteiger partial charge is 0.300 e. The molecule has 0 amide bonds. The maximum absolute atomic E-state index is 12.1. The van der Waals surface area contributed by atoms with Crippen LogP contribution in [0, 0.1) is 5.95 Å². The first-order chi connectivity index (χ1) is 5.54. The molecule has 0 saturated heterocycles. The van der Waals surface area contributed by atoms with Gasteiger partial charge in [0.2, 0.25) is 5.95 Å². The summed E-state index contributed by atoms with van der Waals surface area (Å²) in [5, 5.41) is 7.48. The lowest BCUT2D eigenvalue weighted by Crippen LogP contribution is -1.78. The van der Waals surface area contributed by atoms with Crippen LogP contribution < -0.4 is 0 Å². The van der Waals surface area contributed by atoms with Crippen molar-refractivity contribution >= 4 is 17.6 Å². The van der Waals surface area contributed by atoms with Crippen LogP contribution in [0.1, 0.15) is 6.92 Å². The molecule has 1 N–H and O–H groups in total. The number of rotatable bonds is 0. The van der Waals surface area contributed by atoms with Gasteiger partial charge in [-0.2, -0.15) is 4.39 Å². The van der Waals surface area contributed by atoms with Gasteiger partial charge in [0.25, 0.3) is 5.97 Å². The van der Waals surface area contributed by atoms with Gasteiger partial charge in [-0.15, -0.1) is 0 Å². The summed E-state index contributed by atoms with van der Waals surface area (Å²) in [6.07, 6.45) is 1.35. The molecule has 0 saturated carbocycles. The van der Waals surface area contributed by atoms with Gasteiger partial charge in [0.05, 0.1) is 5.02 Å². The highest BCUT2D eigenvalue weighted by Gasteiger charge is 1.93. The van der Waals surface area contributed by atoms with E-state index < -0.39 is 11.9 Å². The maximum Gasteiger partial charge on any atom is 0.300 e. The Morgan fingerprint density at radius 3 is 2.50 bits per heavy atom. The van der Waals surface area contributed by atoms with E-state index >= 15 is 0 Å². The first kappa shape index (κ1) is 10.8. The van der Waals surface area contributed by atoms with Crippen molar-refractivity contribution in [2.75, 3.05) is 0 Å². The van der Waals surface area contributed by atoms with Gasteiger partial charge in [0.15, 0.2) is 0 Å². The number of carboxylic acid groups (broad SMARTS) is 1. The summed E-state index contributed by atoms with van der Waals surface area (Å²) in [5.41, 5.74) is 0. The molecule has 0 aromatic carbocycles. The second-order valence-electron chi connectivity index (χ2n) is 1.80. The standard InChI is InChI=1S/C5H3ClFN.C2H4O2/c6-4-2-1-3-8-5(4)7;1-2(3)4/h1-3H;1H3,(H,3,4). The molecule has 0 spiro atoms. The number of pyridine rings is 1. The molecular formula is C7H7ClFNO2. The molecule has 0 radical (unpaired) electrons. The summed E-state index contributed by atoms with van der Waals surface area (Å²) < 4.78 is 12.1. The molecule has 1 aromatic rings. The number of carboxylic acids is 1. The van der Waals surface area contributed by atoms with Crippen molar-refractivity contribution in [1.82, 2.24) is 4.98 Å². The molecule has 0 fully saturated rings. The van der Waals surface area contributed by atoms with Gasteiger partial charge < -0.3 is 5.11 Å². The van der Waals surface area contributed by atoms with E-state index in [4.69, 9.17) is 21.5 Å². The van der Waals surface area contributed by atoms with E-state index in [2.05, 4.69) is 4.98 Å². The van der Waals surface area contributed by atoms with E-state index in [9.17, 15) is 4.39 Å². The molecule has 5 heteroatoms. The first-order valence-corrected chi connectivity index (χ1v) is 3.37. The Bertz CT molecular complexity index is 242. The number of nitrogens with zero attached hydrogens (tertiary/aromatic N) is 1. The van der Waals surface area contributed by atoms with Crippen molar-refractivity contribution in [3.8, 4) is 0 Å². The Hall–Kier alpha value is -1.16. The topological polar surface area (TPSA) is 50.2 Å². The van der Waals surface area contributed by atoms with Crippen LogP contribution in [0.5, 0.6) is 0 Å². The number of halogens is 2. The number of hydrogen-bond acceptors (Lipinski definition) is 2. The summed E-state index contributed by atoms with van der Waals surface area (Å²) in [7, 11) is 0. The fourth-order valence-corrected chi connectivity index (χ4v) is 0.488. The highest BCUT2D eigenvalue weighted by molar-refractivity contribution is 6.30. The molecule has 1 aromatic heterocycles. The van der Waals surface area contributed by atoms with Crippen LogP contribution in [0.4, 0.5) is 4.39 Å². The van der Waals surface area contributed by atoms with Gasteiger partial charge in [-0.25, -0.2) is 4.98 Å². The van der Waals surface area contributed by atoms with Crippen molar-refractivity contribution in [1.29, 1.82) is 0 Å². The largest absolute Gasteiger partial charge is 0.481 e. The molecule has 0 aliphatic carbocycles. The zero-order chi connectivity index (χ0) is 9.56. The molecule has 12 heavy (non-hydrogen) atoms. The summed E-state index contributed by atoms with van der Waals surface area (Å²) in [6, 6.07) is 3.02. The fraction of sp³-hybridized carbons (Fsp3) is 0.143. The van der Waals surface area contributed by atoms with Crippen LogP contribution >= 0.6 is 11.6 Å². The molecule has 0 bridgehead atoms. The maximum atomic E-state index is 12.1. The number of aromatic nitrogens is 1. The molecule has 3 nitrogen and oxygen atoms in total. The zero-order valence-electron chi connectivity index (χ0n) is 6.29. The number of aliphatic carboxylic acids is 1.